The van der Waals surface area contributed by atoms with E-state index < -0.39 is 0 Å². The van der Waals surface area contributed by atoms with Gasteiger partial charge in [0, 0.05) is 21.9 Å². The molecule has 0 fully saturated rings. The molecule has 3 aromatic carbocycles. The number of rotatable bonds is 2. The minimum atomic E-state index is -0.288. The third-order valence-electron chi connectivity index (χ3n) is 5.57. The van der Waals surface area contributed by atoms with Crippen LogP contribution in [0.15, 0.2) is 91.4 Å². The number of hydrogen-bond acceptors (Lipinski definition) is 0. The lowest BCUT2D eigenvalue weighted by Gasteiger charge is -2.03. The molecule has 6 rings (SSSR count). The molecule has 3 heterocycles. The van der Waals surface area contributed by atoms with Gasteiger partial charge in [0.05, 0.1) is 11.7 Å². The van der Waals surface area contributed by atoms with Crippen molar-refractivity contribution in [2.45, 2.75) is 0 Å². The predicted octanol–water partition coefficient (Wildman–Crippen LogP) is 5.80. The SMILES string of the molecule is Fc1ccc(-c2c3c4[nH]c5ccccc5c4cc[n+]3cn2-c2ccc(F)cc2)cc1. The Hall–Kier alpha value is -3.99. The van der Waals surface area contributed by atoms with Crippen LogP contribution in [-0.2, 0) is 0 Å². The first-order valence-corrected chi connectivity index (χ1v) is 9.67. The van der Waals surface area contributed by atoms with Crippen LogP contribution in [0.4, 0.5) is 8.78 Å². The van der Waals surface area contributed by atoms with Crippen LogP contribution in [0.2, 0.25) is 0 Å². The number of para-hydroxylation sites is 1. The first-order chi connectivity index (χ1) is 14.7. The first-order valence-electron chi connectivity index (χ1n) is 9.67. The lowest BCUT2D eigenvalue weighted by atomic mass is 10.1. The molecule has 0 saturated heterocycles. The molecule has 1 N–H and O–H groups in total. The zero-order valence-corrected chi connectivity index (χ0v) is 15.8. The van der Waals surface area contributed by atoms with Crippen molar-refractivity contribution in [2.24, 2.45) is 0 Å². The van der Waals surface area contributed by atoms with Crippen molar-refractivity contribution in [2.75, 3.05) is 0 Å². The summed E-state index contributed by atoms with van der Waals surface area (Å²) in [5.41, 5.74) is 5.62. The first kappa shape index (κ1) is 16.9. The zero-order valence-electron chi connectivity index (χ0n) is 15.8. The summed E-state index contributed by atoms with van der Waals surface area (Å²) < 4.78 is 31.2. The fourth-order valence-electron chi connectivity index (χ4n) is 4.20. The maximum absolute atomic E-state index is 13.6. The van der Waals surface area contributed by atoms with E-state index in [0.29, 0.717) is 0 Å². The number of hydrogen-bond donors (Lipinski definition) is 1. The van der Waals surface area contributed by atoms with E-state index in [1.807, 2.05) is 33.6 Å². The maximum Gasteiger partial charge on any atom is 0.254 e. The van der Waals surface area contributed by atoms with Gasteiger partial charge in [-0.1, -0.05) is 18.2 Å². The van der Waals surface area contributed by atoms with Gasteiger partial charge in [-0.15, -0.1) is 0 Å². The molecular formula is C25H16F2N3+. The maximum atomic E-state index is 13.6. The molecule has 0 radical (unpaired) electrons. The van der Waals surface area contributed by atoms with Gasteiger partial charge in [-0.05, 0) is 60.7 Å². The second kappa shape index (κ2) is 6.26. The minimum absolute atomic E-state index is 0.286. The highest BCUT2D eigenvalue weighted by Crippen LogP contribution is 2.33. The van der Waals surface area contributed by atoms with Crippen molar-refractivity contribution in [3.63, 3.8) is 0 Å². The van der Waals surface area contributed by atoms with Crippen LogP contribution in [0.1, 0.15) is 0 Å². The second-order valence-electron chi connectivity index (χ2n) is 7.35. The molecule has 0 unspecified atom stereocenters. The van der Waals surface area contributed by atoms with Crippen molar-refractivity contribution in [3.05, 3.63) is 103 Å². The van der Waals surface area contributed by atoms with Gasteiger partial charge in [-0.2, -0.15) is 8.97 Å². The smallest absolute Gasteiger partial charge is 0.254 e. The summed E-state index contributed by atoms with van der Waals surface area (Å²) in [7, 11) is 0. The molecule has 5 heteroatoms. The summed E-state index contributed by atoms with van der Waals surface area (Å²) in [5, 5.41) is 2.26. The van der Waals surface area contributed by atoms with E-state index in [-0.39, 0.29) is 11.6 Å². The molecule has 0 bridgehead atoms. The zero-order chi connectivity index (χ0) is 20.2. The Morgan fingerprint density at radius 1 is 0.733 bits per heavy atom. The summed E-state index contributed by atoms with van der Waals surface area (Å²) in [6, 6.07) is 23.1. The van der Waals surface area contributed by atoms with E-state index in [2.05, 4.69) is 23.2 Å². The van der Waals surface area contributed by atoms with Crippen LogP contribution in [0, 0.1) is 11.6 Å². The van der Waals surface area contributed by atoms with E-state index in [1.165, 1.54) is 24.3 Å². The Morgan fingerprint density at radius 2 is 1.43 bits per heavy atom. The average Bonchev–Trinajstić information content (AvgIpc) is 3.33. The lowest BCUT2D eigenvalue weighted by Crippen LogP contribution is -2.17. The largest absolute Gasteiger partial charge is 0.351 e. The number of aromatic amines is 1. The van der Waals surface area contributed by atoms with Gasteiger partial charge in [-0.25, -0.2) is 8.78 Å². The van der Waals surface area contributed by atoms with Crippen LogP contribution in [-0.4, -0.2) is 9.55 Å². The van der Waals surface area contributed by atoms with Crippen LogP contribution in [0.25, 0.3) is 44.3 Å². The Balaban J connectivity index is 1.77. The summed E-state index contributed by atoms with van der Waals surface area (Å²) in [6.45, 7) is 0. The third kappa shape index (κ3) is 2.45. The molecule has 0 saturated carbocycles. The number of halogens is 2. The fourth-order valence-corrected chi connectivity index (χ4v) is 4.20. The van der Waals surface area contributed by atoms with Gasteiger partial charge in [-0.3, -0.25) is 0 Å². The molecule has 0 atom stereocenters. The molecule has 0 amide bonds. The Kier molecular flexibility index (Phi) is 3.53. The van der Waals surface area contributed by atoms with Crippen LogP contribution in [0.5, 0.6) is 0 Å². The molecule has 0 spiro atoms. The highest BCUT2D eigenvalue weighted by Gasteiger charge is 2.25. The van der Waals surface area contributed by atoms with Crippen molar-refractivity contribution < 1.29 is 13.2 Å². The Morgan fingerprint density at radius 3 is 2.20 bits per heavy atom. The summed E-state index contributed by atoms with van der Waals surface area (Å²) in [6.07, 6.45) is 3.98. The topological polar surface area (TPSA) is 24.8 Å². The van der Waals surface area contributed by atoms with Crippen molar-refractivity contribution in [1.29, 1.82) is 0 Å². The lowest BCUT2D eigenvalue weighted by molar-refractivity contribution is -0.510. The van der Waals surface area contributed by atoms with E-state index in [1.54, 1.807) is 24.3 Å². The second-order valence-corrected chi connectivity index (χ2v) is 7.35. The molecule has 30 heavy (non-hydrogen) atoms. The van der Waals surface area contributed by atoms with Crippen molar-refractivity contribution in [1.82, 2.24) is 9.55 Å². The predicted molar refractivity (Wildman–Crippen MR) is 114 cm³/mol. The van der Waals surface area contributed by atoms with Crippen LogP contribution in [0.3, 0.4) is 0 Å². The molecule has 6 aromatic rings. The molecular weight excluding hydrogens is 380 g/mol. The van der Waals surface area contributed by atoms with Gasteiger partial charge >= 0.3 is 0 Å². The number of pyridine rings is 1. The number of imidazole rings is 1. The Bertz CT molecular complexity index is 1540. The van der Waals surface area contributed by atoms with E-state index in [9.17, 15) is 8.78 Å². The monoisotopic (exact) mass is 396 g/mol. The quantitative estimate of drug-likeness (QED) is 0.358. The normalized spacial score (nSPS) is 11.7. The fraction of sp³-hybridized carbons (Fsp3) is 0. The highest BCUT2D eigenvalue weighted by atomic mass is 19.1. The van der Waals surface area contributed by atoms with E-state index in [0.717, 1.165) is 44.3 Å². The average molecular weight is 396 g/mol. The standard InChI is InChI=1S/C25H16F2N3/c26-17-7-5-16(6-8-17)24-25-23-21(20-3-1-2-4-22(20)28-23)13-14-29(25)15-30(24)19-11-9-18(27)10-12-19/h1-15,28H/q+1. The third-order valence-corrected chi connectivity index (χ3v) is 5.57. The van der Waals surface area contributed by atoms with Crippen LogP contribution >= 0.6 is 0 Å². The number of fused-ring (bicyclic) bond motifs is 5. The molecule has 0 aliphatic rings. The van der Waals surface area contributed by atoms with Gasteiger partial charge in [0.25, 0.3) is 6.33 Å². The molecule has 0 aliphatic carbocycles. The summed E-state index contributed by atoms with van der Waals surface area (Å²) in [5.74, 6) is -0.573. The molecule has 3 nitrogen and oxygen atoms in total. The molecule has 3 aromatic heterocycles. The molecule has 144 valence electrons. The summed E-state index contributed by atoms with van der Waals surface area (Å²) >= 11 is 0. The highest BCUT2D eigenvalue weighted by molar-refractivity contribution is 6.13. The number of nitrogens with zero attached hydrogens (tertiary/aromatic N) is 2. The number of H-pyrrole nitrogens is 1. The summed E-state index contributed by atoms with van der Waals surface area (Å²) in [4.78, 5) is 3.55. The number of nitrogens with one attached hydrogen (secondary N) is 1. The minimum Gasteiger partial charge on any atom is -0.351 e. The van der Waals surface area contributed by atoms with Crippen molar-refractivity contribution in [3.8, 4) is 16.9 Å². The van der Waals surface area contributed by atoms with Gasteiger partial charge in [0.1, 0.15) is 17.3 Å². The Labute approximate surface area is 170 Å². The molecule has 0 aliphatic heterocycles. The number of benzene rings is 3. The van der Waals surface area contributed by atoms with E-state index >= 15 is 0 Å². The van der Waals surface area contributed by atoms with Gasteiger partial charge in [0.15, 0.2) is 5.69 Å². The van der Waals surface area contributed by atoms with Gasteiger partial charge < -0.3 is 4.98 Å². The van der Waals surface area contributed by atoms with E-state index in [4.69, 9.17) is 0 Å². The van der Waals surface area contributed by atoms with Gasteiger partial charge in [0.2, 0.25) is 5.52 Å². The number of aromatic nitrogens is 3. The van der Waals surface area contributed by atoms with Crippen molar-refractivity contribution >= 4 is 27.3 Å². The van der Waals surface area contributed by atoms with Crippen LogP contribution < -0.4 is 4.40 Å².